The number of nitrogens with one attached hydrogen (secondary N) is 1. The Hall–Kier alpha value is -2.18. The molecule has 0 fully saturated rings. The number of aromatic nitrogens is 2. The van der Waals surface area contributed by atoms with Crippen LogP contribution < -0.4 is 10.2 Å². The minimum atomic E-state index is -0.823. The number of aliphatic hydroxyl groups is 2. The van der Waals surface area contributed by atoms with E-state index in [0.717, 1.165) is 36.7 Å². The second kappa shape index (κ2) is 8.05. The molecular formula is C22H32N4O2. The van der Waals surface area contributed by atoms with Crippen LogP contribution in [0.15, 0.2) is 24.3 Å². The Labute approximate surface area is 167 Å². The first-order valence-electron chi connectivity index (χ1n) is 10.00. The SMILES string of the molecule is Cc1nc(N[C@@H](CO)C(C)C)cc(N2CCc3cc(C(C)(C)O)ccc3C2)n1. The maximum atomic E-state index is 10.3. The lowest BCUT2D eigenvalue weighted by atomic mass is 9.91. The van der Waals surface area contributed by atoms with Crippen LogP contribution in [0.25, 0.3) is 0 Å². The first kappa shape index (κ1) is 20.6. The summed E-state index contributed by atoms with van der Waals surface area (Å²) in [6, 6.07) is 8.18. The first-order valence-corrected chi connectivity index (χ1v) is 10.00. The summed E-state index contributed by atoms with van der Waals surface area (Å²) in [4.78, 5) is 11.4. The van der Waals surface area contributed by atoms with Crippen LogP contribution in [0.3, 0.4) is 0 Å². The molecule has 2 aromatic rings. The van der Waals surface area contributed by atoms with Crippen LogP contribution in [0.4, 0.5) is 11.6 Å². The summed E-state index contributed by atoms with van der Waals surface area (Å²) < 4.78 is 0. The fraction of sp³-hybridized carbons (Fsp3) is 0.545. The second-order valence-corrected chi connectivity index (χ2v) is 8.55. The van der Waals surface area contributed by atoms with Gasteiger partial charge in [-0.1, -0.05) is 32.0 Å². The maximum absolute atomic E-state index is 10.3. The number of aliphatic hydroxyl groups excluding tert-OH is 1. The molecule has 1 aliphatic rings. The number of anilines is 2. The molecule has 1 aromatic carbocycles. The Morgan fingerprint density at radius 2 is 1.93 bits per heavy atom. The molecule has 0 saturated heterocycles. The number of rotatable bonds is 6. The van der Waals surface area contributed by atoms with Gasteiger partial charge in [-0.25, -0.2) is 9.97 Å². The predicted octanol–water partition coefficient (Wildman–Crippen LogP) is 3.00. The fourth-order valence-corrected chi connectivity index (χ4v) is 3.53. The van der Waals surface area contributed by atoms with E-state index in [9.17, 15) is 10.2 Å². The van der Waals surface area contributed by atoms with Crippen molar-refractivity contribution in [2.75, 3.05) is 23.4 Å². The highest BCUT2D eigenvalue weighted by molar-refractivity contribution is 5.52. The summed E-state index contributed by atoms with van der Waals surface area (Å²) in [6.45, 7) is 11.4. The Kier molecular flexibility index (Phi) is 5.91. The molecule has 6 heteroatoms. The van der Waals surface area contributed by atoms with Crippen molar-refractivity contribution in [3.8, 4) is 0 Å². The molecule has 0 radical (unpaired) electrons. The van der Waals surface area contributed by atoms with Gasteiger partial charge >= 0.3 is 0 Å². The minimum Gasteiger partial charge on any atom is -0.394 e. The van der Waals surface area contributed by atoms with Gasteiger partial charge in [0.25, 0.3) is 0 Å². The van der Waals surface area contributed by atoms with Crippen molar-refractivity contribution >= 4 is 11.6 Å². The van der Waals surface area contributed by atoms with Crippen LogP contribution in [0.2, 0.25) is 0 Å². The first-order chi connectivity index (χ1) is 13.2. The molecule has 0 amide bonds. The largest absolute Gasteiger partial charge is 0.394 e. The van der Waals surface area contributed by atoms with Gasteiger partial charge in [0.05, 0.1) is 18.2 Å². The van der Waals surface area contributed by atoms with Crippen molar-refractivity contribution in [2.24, 2.45) is 5.92 Å². The van der Waals surface area contributed by atoms with Crippen LogP contribution in [0, 0.1) is 12.8 Å². The van der Waals surface area contributed by atoms with Crippen molar-refractivity contribution in [2.45, 2.75) is 59.2 Å². The van der Waals surface area contributed by atoms with Gasteiger partial charge in [-0.3, -0.25) is 0 Å². The molecule has 1 aliphatic heterocycles. The van der Waals surface area contributed by atoms with E-state index in [0.29, 0.717) is 11.7 Å². The topological polar surface area (TPSA) is 81.5 Å². The van der Waals surface area contributed by atoms with Gasteiger partial charge in [-0.15, -0.1) is 0 Å². The maximum Gasteiger partial charge on any atom is 0.134 e. The van der Waals surface area contributed by atoms with E-state index in [1.807, 2.05) is 32.9 Å². The lowest BCUT2D eigenvalue weighted by molar-refractivity contribution is 0.0785. The monoisotopic (exact) mass is 384 g/mol. The van der Waals surface area contributed by atoms with E-state index in [-0.39, 0.29) is 12.6 Å². The summed E-state index contributed by atoms with van der Waals surface area (Å²) in [7, 11) is 0. The fourth-order valence-electron chi connectivity index (χ4n) is 3.53. The number of hydrogen-bond acceptors (Lipinski definition) is 6. The predicted molar refractivity (Wildman–Crippen MR) is 113 cm³/mol. The molecule has 0 aliphatic carbocycles. The molecule has 28 heavy (non-hydrogen) atoms. The number of nitrogens with zero attached hydrogens (tertiary/aromatic N) is 3. The van der Waals surface area contributed by atoms with Crippen molar-refractivity contribution in [1.82, 2.24) is 9.97 Å². The molecule has 3 rings (SSSR count). The van der Waals surface area contributed by atoms with Gasteiger partial charge in [0.2, 0.25) is 0 Å². The number of benzene rings is 1. The van der Waals surface area contributed by atoms with Crippen LogP contribution in [0.1, 0.15) is 50.2 Å². The molecule has 0 saturated carbocycles. The standard InChI is InChI=1S/C22H32N4O2/c1-14(2)19(13-27)25-20-11-21(24-15(3)23-20)26-9-8-16-10-18(22(4,5)28)7-6-17(16)12-26/h6-7,10-11,14,19,27-28H,8-9,12-13H2,1-5H3,(H,23,24,25)/t19-/m0/s1. The van der Waals surface area contributed by atoms with E-state index in [1.54, 1.807) is 0 Å². The highest BCUT2D eigenvalue weighted by atomic mass is 16.3. The van der Waals surface area contributed by atoms with Gasteiger partial charge in [-0.05, 0) is 49.8 Å². The molecule has 152 valence electrons. The molecule has 3 N–H and O–H groups in total. The van der Waals surface area contributed by atoms with E-state index < -0.39 is 5.60 Å². The zero-order valence-electron chi connectivity index (χ0n) is 17.5. The number of fused-ring (bicyclic) bond motifs is 1. The molecule has 0 spiro atoms. The summed E-state index contributed by atoms with van der Waals surface area (Å²) in [5.41, 5.74) is 2.68. The molecule has 2 heterocycles. The third-order valence-corrected chi connectivity index (χ3v) is 5.41. The highest BCUT2D eigenvalue weighted by Crippen LogP contribution is 2.28. The lowest BCUT2D eigenvalue weighted by Crippen LogP contribution is -2.33. The van der Waals surface area contributed by atoms with Gasteiger partial charge in [0, 0.05) is 19.2 Å². The number of aryl methyl sites for hydroxylation is 1. The zero-order valence-corrected chi connectivity index (χ0v) is 17.5. The molecule has 1 aromatic heterocycles. The van der Waals surface area contributed by atoms with Crippen LogP contribution in [0.5, 0.6) is 0 Å². The molecule has 1 atom stereocenters. The van der Waals surface area contributed by atoms with Gasteiger partial charge in [0.15, 0.2) is 0 Å². The van der Waals surface area contributed by atoms with Crippen LogP contribution in [-0.4, -0.2) is 39.4 Å². The quantitative estimate of drug-likeness (QED) is 0.710. The third-order valence-electron chi connectivity index (χ3n) is 5.41. The van der Waals surface area contributed by atoms with Crippen molar-refractivity contribution in [1.29, 1.82) is 0 Å². The van der Waals surface area contributed by atoms with E-state index in [1.165, 1.54) is 11.1 Å². The Balaban J connectivity index is 1.81. The molecule has 0 unspecified atom stereocenters. The minimum absolute atomic E-state index is 0.0375. The average molecular weight is 385 g/mol. The van der Waals surface area contributed by atoms with Gasteiger partial charge in [-0.2, -0.15) is 0 Å². The highest BCUT2D eigenvalue weighted by Gasteiger charge is 2.22. The molecular weight excluding hydrogens is 352 g/mol. The van der Waals surface area contributed by atoms with Crippen molar-refractivity contribution < 1.29 is 10.2 Å². The Morgan fingerprint density at radius 3 is 2.57 bits per heavy atom. The average Bonchev–Trinajstić information content (AvgIpc) is 2.63. The summed E-state index contributed by atoms with van der Waals surface area (Å²) in [5.74, 6) is 2.66. The smallest absolute Gasteiger partial charge is 0.134 e. The number of hydrogen-bond donors (Lipinski definition) is 3. The van der Waals surface area contributed by atoms with Crippen LogP contribution in [-0.2, 0) is 18.6 Å². The van der Waals surface area contributed by atoms with E-state index in [4.69, 9.17) is 0 Å². The Bertz CT molecular complexity index is 830. The lowest BCUT2D eigenvalue weighted by Gasteiger charge is -2.31. The molecule has 6 nitrogen and oxygen atoms in total. The normalized spacial score (nSPS) is 15.5. The summed E-state index contributed by atoms with van der Waals surface area (Å²) >= 11 is 0. The van der Waals surface area contributed by atoms with Crippen LogP contribution >= 0.6 is 0 Å². The third kappa shape index (κ3) is 4.62. The van der Waals surface area contributed by atoms with Gasteiger partial charge < -0.3 is 20.4 Å². The van der Waals surface area contributed by atoms with E-state index >= 15 is 0 Å². The van der Waals surface area contributed by atoms with Crippen molar-refractivity contribution in [3.63, 3.8) is 0 Å². The Morgan fingerprint density at radius 1 is 1.18 bits per heavy atom. The molecule has 0 bridgehead atoms. The van der Waals surface area contributed by atoms with E-state index in [2.05, 4.69) is 46.2 Å². The van der Waals surface area contributed by atoms with Gasteiger partial charge in [0.1, 0.15) is 17.5 Å². The summed E-state index contributed by atoms with van der Waals surface area (Å²) in [6.07, 6.45) is 0.913. The zero-order chi connectivity index (χ0) is 20.5. The second-order valence-electron chi connectivity index (χ2n) is 8.55. The summed E-state index contributed by atoms with van der Waals surface area (Å²) in [5, 5.41) is 23.2. The van der Waals surface area contributed by atoms with Crippen molar-refractivity contribution in [3.05, 3.63) is 46.8 Å².